The maximum absolute atomic E-state index is 11.8. The molecule has 1 aliphatic carbocycles. The molecule has 1 fully saturated rings. The zero-order valence-corrected chi connectivity index (χ0v) is 9.64. The van der Waals surface area contributed by atoms with Crippen molar-refractivity contribution in [1.29, 1.82) is 0 Å². The summed E-state index contributed by atoms with van der Waals surface area (Å²) in [6, 6.07) is -0.772. The van der Waals surface area contributed by atoms with Gasteiger partial charge in [0.1, 0.15) is 0 Å². The molecule has 0 saturated heterocycles. The molecule has 18 heavy (non-hydrogen) atoms. The minimum Gasteiger partial charge on any atom is -0.481 e. The quantitative estimate of drug-likeness (QED) is 0.707. The highest BCUT2D eigenvalue weighted by Crippen LogP contribution is 2.40. The summed E-state index contributed by atoms with van der Waals surface area (Å²) in [7, 11) is 0. The molecule has 0 aromatic heterocycles. The average molecular weight is 268 g/mol. The minimum atomic E-state index is -4.32. The number of carbonyl (C=O) groups is 2. The van der Waals surface area contributed by atoms with E-state index >= 15 is 0 Å². The Balaban J connectivity index is 2.23. The largest absolute Gasteiger partial charge is 0.481 e. The highest BCUT2D eigenvalue weighted by Gasteiger charge is 2.44. The number of hydrogen-bond acceptors (Lipinski definition) is 2. The van der Waals surface area contributed by atoms with E-state index < -0.39 is 36.6 Å². The SMILES string of the molecule is O=C(NCCC(F)(F)F)NCC1(C(=O)O)CCC1. The van der Waals surface area contributed by atoms with E-state index in [9.17, 15) is 22.8 Å². The molecule has 1 aliphatic rings. The zero-order chi connectivity index (χ0) is 13.8. The van der Waals surface area contributed by atoms with E-state index in [4.69, 9.17) is 5.11 Å². The molecule has 0 spiro atoms. The van der Waals surface area contributed by atoms with Gasteiger partial charge in [0.25, 0.3) is 0 Å². The van der Waals surface area contributed by atoms with Crippen LogP contribution in [-0.4, -0.2) is 36.4 Å². The Morgan fingerprint density at radius 2 is 1.83 bits per heavy atom. The Morgan fingerprint density at radius 1 is 1.22 bits per heavy atom. The summed E-state index contributed by atoms with van der Waals surface area (Å²) in [5.74, 6) is -0.982. The van der Waals surface area contributed by atoms with Crippen LogP contribution in [0.2, 0.25) is 0 Å². The third-order valence-corrected chi connectivity index (χ3v) is 3.05. The Labute approximate surface area is 102 Å². The summed E-state index contributed by atoms with van der Waals surface area (Å²) in [5, 5.41) is 13.3. The van der Waals surface area contributed by atoms with Crippen molar-refractivity contribution in [3.05, 3.63) is 0 Å². The monoisotopic (exact) mass is 268 g/mol. The highest BCUT2D eigenvalue weighted by molar-refractivity contribution is 5.78. The Kier molecular flexibility index (Phi) is 4.42. The molecular formula is C10H15F3N2O3. The molecule has 1 rings (SSSR count). The number of carbonyl (C=O) groups excluding carboxylic acids is 1. The lowest BCUT2D eigenvalue weighted by Crippen LogP contribution is -2.50. The highest BCUT2D eigenvalue weighted by atomic mass is 19.4. The van der Waals surface area contributed by atoms with Crippen molar-refractivity contribution in [1.82, 2.24) is 10.6 Å². The topological polar surface area (TPSA) is 78.4 Å². The van der Waals surface area contributed by atoms with Gasteiger partial charge in [-0.2, -0.15) is 13.2 Å². The van der Waals surface area contributed by atoms with Crippen LogP contribution in [0.3, 0.4) is 0 Å². The number of urea groups is 1. The first-order chi connectivity index (χ1) is 8.25. The number of hydrogen-bond donors (Lipinski definition) is 3. The number of nitrogens with one attached hydrogen (secondary N) is 2. The van der Waals surface area contributed by atoms with E-state index in [0.717, 1.165) is 6.42 Å². The molecule has 0 unspecified atom stereocenters. The van der Waals surface area contributed by atoms with Gasteiger partial charge in [0, 0.05) is 13.1 Å². The second-order valence-electron chi connectivity index (χ2n) is 4.41. The molecule has 3 N–H and O–H groups in total. The molecule has 0 aromatic carbocycles. The summed E-state index contributed by atoms with van der Waals surface area (Å²) < 4.78 is 35.4. The molecule has 0 radical (unpaired) electrons. The number of alkyl halides is 3. The molecule has 0 atom stereocenters. The van der Waals surface area contributed by atoms with Gasteiger partial charge in [-0.25, -0.2) is 4.79 Å². The lowest BCUT2D eigenvalue weighted by atomic mass is 9.69. The fraction of sp³-hybridized carbons (Fsp3) is 0.800. The Bertz CT molecular complexity index is 327. The Morgan fingerprint density at radius 3 is 2.22 bits per heavy atom. The van der Waals surface area contributed by atoms with E-state index in [1.807, 2.05) is 5.32 Å². The van der Waals surface area contributed by atoms with Crippen LogP contribution in [0.5, 0.6) is 0 Å². The number of aliphatic carboxylic acids is 1. The number of rotatable bonds is 5. The molecule has 0 aromatic rings. The molecule has 0 aliphatic heterocycles. The van der Waals surface area contributed by atoms with E-state index in [2.05, 4.69) is 5.32 Å². The van der Waals surface area contributed by atoms with Crippen LogP contribution in [0, 0.1) is 5.41 Å². The summed E-state index contributed by atoms with van der Waals surface area (Å²) >= 11 is 0. The van der Waals surface area contributed by atoms with Crippen molar-refractivity contribution in [2.75, 3.05) is 13.1 Å². The molecule has 0 heterocycles. The van der Waals surface area contributed by atoms with Crippen molar-refractivity contribution in [2.45, 2.75) is 31.9 Å². The van der Waals surface area contributed by atoms with Crippen molar-refractivity contribution in [3.8, 4) is 0 Å². The molecule has 8 heteroatoms. The molecule has 104 valence electrons. The fourth-order valence-corrected chi connectivity index (χ4v) is 1.70. The van der Waals surface area contributed by atoms with Gasteiger partial charge in [0.2, 0.25) is 0 Å². The van der Waals surface area contributed by atoms with Crippen LogP contribution in [0.15, 0.2) is 0 Å². The first-order valence-corrected chi connectivity index (χ1v) is 5.57. The fourth-order valence-electron chi connectivity index (χ4n) is 1.70. The van der Waals surface area contributed by atoms with Gasteiger partial charge in [-0.1, -0.05) is 6.42 Å². The van der Waals surface area contributed by atoms with Gasteiger partial charge >= 0.3 is 18.2 Å². The van der Waals surface area contributed by atoms with Gasteiger partial charge in [-0.3, -0.25) is 4.79 Å². The van der Waals surface area contributed by atoms with Crippen LogP contribution >= 0.6 is 0 Å². The first kappa shape index (κ1) is 14.6. The summed E-state index contributed by atoms with van der Waals surface area (Å²) in [6.45, 7) is -0.574. The molecule has 5 nitrogen and oxygen atoms in total. The van der Waals surface area contributed by atoms with Gasteiger partial charge in [-0.05, 0) is 12.8 Å². The number of amides is 2. The first-order valence-electron chi connectivity index (χ1n) is 5.57. The van der Waals surface area contributed by atoms with E-state index in [1.165, 1.54) is 0 Å². The number of halogens is 3. The predicted molar refractivity (Wildman–Crippen MR) is 56.0 cm³/mol. The normalized spacial score (nSPS) is 17.7. The third kappa shape index (κ3) is 4.08. The standard InChI is InChI=1S/C10H15F3N2O3/c11-10(12,13)4-5-14-8(18)15-6-9(7(16)17)2-1-3-9/h1-6H2,(H,16,17)(H2,14,15,18). The van der Waals surface area contributed by atoms with E-state index in [1.54, 1.807) is 0 Å². The van der Waals surface area contributed by atoms with E-state index in [-0.39, 0.29) is 6.54 Å². The maximum atomic E-state index is 11.8. The van der Waals surface area contributed by atoms with E-state index in [0.29, 0.717) is 12.8 Å². The maximum Gasteiger partial charge on any atom is 0.390 e. The van der Waals surface area contributed by atoms with Gasteiger partial charge in [0.15, 0.2) is 0 Å². The van der Waals surface area contributed by atoms with Crippen LogP contribution in [0.4, 0.5) is 18.0 Å². The predicted octanol–water partition coefficient (Wildman–Crippen LogP) is 1.49. The molecular weight excluding hydrogens is 253 g/mol. The second kappa shape index (κ2) is 5.45. The average Bonchev–Trinajstić information content (AvgIpc) is 2.13. The zero-order valence-electron chi connectivity index (χ0n) is 9.64. The molecule has 1 saturated carbocycles. The van der Waals surface area contributed by atoms with Crippen molar-refractivity contribution >= 4 is 12.0 Å². The lowest BCUT2D eigenvalue weighted by molar-refractivity contribution is -0.153. The van der Waals surface area contributed by atoms with Crippen molar-refractivity contribution in [2.24, 2.45) is 5.41 Å². The smallest absolute Gasteiger partial charge is 0.390 e. The number of carboxylic acid groups (broad SMARTS) is 1. The summed E-state index contributed by atoms with van der Waals surface area (Å²) in [4.78, 5) is 22.1. The summed E-state index contributed by atoms with van der Waals surface area (Å²) in [5.41, 5.74) is -0.943. The van der Waals surface area contributed by atoms with Crippen LogP contribution in [-0.2, 0) is 4.79 Å². The van der Waals surface area contributed by atoms with Crippen LogP contribution in [0.1, 0.15) is 25.7 Å². The van der Waals surface area contributed by atoms with Gasteiger partial charge in [-0.15, -0.1) is 0 Å². The van der Waals surface area contributed by atoms with Gasteiger partial charge in [0.05, 0.1) is 11.8 Å². The third-order valence-electron chi connectivity index (χ3n) is 3.05. The molecule has 2 amide bonds. The lowest BCUT2D eigenvalue weighted by Gasteiger charge is -2.37. The van der Waals surface area contributed by atoms with Gasteiger partial charge < -0.3 is 15.7 Å². The Hall–Kier alpha value is -1.47. The summed E-state index contributed by atoms with van der Waals surface area (Å²) in [6.07, 6.45) is -3.69. The van der Waals surface area contributed by atoms with Crippen LogP contribution < -0.4 is 10.6 Å². The van der Waals surface area contributed by atoms with Crippen molar-refractivity contribution < 1.29 is 27.9 Å². The number of carboxylic acids is 1. The van der Waals surface area contributed by atoms with Crippen molar-refractivity contribution in [3.63, 3.8) is 0 Å². The second-order valence-corrected chi connectivity index (χ2v) is 4.41. The minimum absolute atomic E-state index is 0.0554. The van der Waals surface area contributed by atoms with Crippen LogP contribution in [0.25, 0.3) is 0 Å². The molecule has 0 bridgehead atoms.